The van der Waals surface area contributed by atoms with Gasteiger partial charge >= 0.3 is 0 Å². The van der Waals surface area contributed by atoms with E-state index in [2.05, 4.69) is 16.5 Å². The number of hydrogen-bond donors (Lipinski definition) is 1. The molecule has 0 saturated carbocycles. The summed E-state index contributed by atoms with van der Waals surface area (Å²) in [5.74, 6) is 0. The van der Waals surface area contributed by atoms with E-state index in [1.807, 2.05) is 18.2 Å². The van der Waals surface area contributed by atoms with Gasteiger partial charge in [0.15, 0.2) is 0 Å². The van der Waals surface area contributed by atoms with Crippen LogP contribution < -0.4 is 5.48 Å². The van der Waals surface area contributed by atoms with Gasteiger partial charge in [0.25, 0.3) is 0 Å². The van der Waals surface area contributed by atoms with E-state index >= 15 is 0 Å². The Morgan fingerprint density at radius 1 is 1.31 bits per heavy atom. The van der Waals surface area contributed by atoms with E-state index in [9.17, 15) is 0 Å². The second-order valence-electron chi connectivity index (χ2n) is 3.24. The molecule has 1 aromatic carbocycles. The standard InChI is InChI=1S/C11H14N2O2S/c1-14-6-7-15-12-8-11-13-9-4-2-3-5-10(9)16-11/h2-5,12H,6-8H2,1H3. The Bertz CT molecular complexity index is 411. The Labute approximate surface area is 98.2 Å². The van der Waals surface area contributed by atoms with E-state index in [0.29, 0.717) is 19.8 Å². The summed E-state index contributed by atoms with van der Waals surface area (Å²) in [6, 6.07) is 8.10. The van der Waals surface area contributed by atoms with Gasteiger partial charge in [-0.3, -0.25) is 4.84 Å². The first-order chi connectivity index (χ1) is 7.90. The van der Waals surface area contributed by atoms with Crippen LogP contribution in [0.15, 0.2) is 24.3 Å². The van der Waals surface area contributed by atoms with Crippen molar-refractivity contribution in [3.8, 4) is 0 Å². The van der Waals surface area contributed by atoms with Crippen molar-refractivity contribution in [2.24, 2.45) is 0 Å². The average Bonchev–Trinajstić information content (AvgIpc) is 2.71. The Morgan fingerprint density at radius 3 is 3.00 bits per heavy atom. The third kappa shape index (κ3) is 2.99. The molecule has 5 heteroatoms. The molecule has 0 spiro atoms. The number of hydrogen-bond acceptors (Lipinski definition) is 5. The predicted molar refractivity (Wildman–Crippen MR) is 64.3 cm³/mol. The smallest absolute Gasteiger partial charge is 0.110 e. The van der Waals surface area contributed by atoms with Crippen LogP contribution in [0.4, 0.5) is 0 Å². The summed E-state index contributed by atoms with van der Waals surface area (Å²) in [7, 11) is 1.65. The second kappa shape index (κ2) is 5.91. The molecule has 0 aliphatic heterocycles. The minimum Gasteiger partial charge on any atom is -0.382 e. The Kier molecular flexibility index (Phi) is 4.24. The predicted octanol–water partition coefficient (Wildman–Crippen LogP) is 1.96. The second-order valence-corrected chi connectivity index (χ2v) is 4.35. The van der Waals surface area contributed by atoms with Crippen molar-refractivity contribution in [1.82, 2.24) is 10.5 Å². The van der Waals surface area contributed by atoms with E-state index in [0.717, 1.165) is 10.5 Å². The number of fused-ring (bicyclic) bond motifs is 1. The Hall–Kier alpha value is -1.01. The molecule has 0 fully saturated rings. The number of nitrogens with one attached hydrogen (secondary N) is 1. The number of nitrogens with zero attached hydrogens (tertiary/aromatic N) is 1. The third-order valence-corrected chi connectivity index (χ3v) is 3.09. The van der Waals surface area contributed by atoms with Crippen LogP contribution >= 0.6 is 11.3 Å². The van der Waals surface area contributed by atoms with E-state index in [1.54, 1.807) is 18.4 Å². The molecule has 4 nitrogen and oxygen atoms in total. The molecule has 86 valence electrons. The molecule has 0 amide bonds. The molecule has 0 bridgehead atoms. The zero-order valence-corrected chi connectivity index (χ0v) is 9.92. The first-order valence-electron chi connectivity index (χ1n) is 5.08. The number of ether oxygens (including phenoxy) is 1. The van der Waals surface area contributed by atoms with Crippen LogP contribution in [-0.2, 0) is 16.1 Å². The average molecular weight is 238 g/mol. The number of rotatable bonds is 6. The third-order valence-electron chi connectivity index (χ3n) is 2.05. The molecule has 0 radical (unpaired) electrons. The van der Waals surface area contributed by atoms with Crippen LogP contribution in [0, 0.1) is 0 Å². The minimum absolute atomic E-state index is 0.543. The van der Waals surface area contributed by atoms with E-state index in [-0.39, 0.29) is 0 Å². The largest absolute Gasteiger partial charge is 0.382 e. The quantitative estimate of drug-likeness (QED) is 0.617. The normalized spacial score (nSPS) is 11.1. The molecule has 16 heavy (non-hydrogen) atoms. The van der Waals surface area contributed by atoms with Crippen molar-refractivity contribution in [2.75, 3.05) is 20.3 Å². The van der Waals surface area contributed by atoms with Gasteiger partial charge < -0.3 is 4.74 Å². The molecule has 0 atom stereocenters. The highest BCUT2D eigenvalue weighted by molar-refractivity contribution is 7.18. The summed E-state index contributed by atoms with van der Waals surface area (Å²) < 4.78 is 6.07. The molecule has 1 N–H and O–H groups in total. The van der Waals surface area contributed by atoms with Gasteiger partial charge in [-0.2, -0.15) is 5.48 Å². The van der Waals surface area contributed by atoms with Crippen LogP contribution in [0.25, 0.3) is 10.2 Å². The summed E-state index contributed by atoms with van der Waals surface area (Å²) in [5.41, 5.74) is 3.91. The molecule has 0 unspecified atom stereocenters. The molecule has 0 aliphatic carbocycles. The van der Waals surface area contributed by atoms with Gasteiger partial charge in [-0.05, 0) is 12.1 Å². The highest BCUT2D eigenvalue weighted by atomic mass is 32.1. The topological polar surface area (TPSA) is 43.4 Å². The fourth-order valence-electron chi connectivity index (χ4n) is 1.31. The van der Waals surface area contributed by atoms with Gasteiger partial charge in [0, 0.05) is 7.11 Å². The zero-order chi connectivity index (χ0) is 11.2. The fraction of sp³-hybridized carbons (Fsp3) is 0.364. The lowest BCUT2D eigenvalue weighted by Gasteiger charge is -2.02. The molecule has 1 aromatic heterocycles. The molecular weight excluding hydrogens is 224 g/mol. The molecule has 0 aliphatic rings. The number of benzene rings is 1. The number of hydroxylamine groups is 1. The summed E-state index contributed by atoms with van der Waals surface area (Å²) in [4.78, 5) is 9.64. The molecule has 2 aromatic rings. The minimum atomic E-state index is 0.543. The van der Waals surface area contributed by atoms with Gasteiger partial charge in [0.05, 0.1) is 30.0 Å². The lowest BCUT2D eigenvalue weighted by Crippen LogP contribution is -2.16. The number of methoxy groups -OCH3 is 1. The molecule has 2 rings (SSSR count). The molecule has 1 heterocycles. The summed E-state index contributed by atoms with van der Waals surface area (Å²) in [5, 5.41) is 1.03. The SMILES string of the molecule is COCCONCc1nc2ccccc2s1. The first-order valence-corrected chi connectivity index (χ1v) is 5.90. The molecular formula is C11H14N2O2S. The number of aromatic nitrogens is 1. The fourth-order valence-corrected chi connectivity index (χ4v) is 2.20. The first kappa shape index (κ1) is 11.5. The van der Waals surface area contributed by atoms with Crippen molar-refractivity contribution < 1.29 is 9.57 Å². The summed E-state index contributed by atoms with van der Waals surface area (Å²) >= 11 is 1.68. The Balaban J connectivity index is 1.85. The highest BCUT2D eigenvalue weighted by Crippen LogP contribution is 2.21. The number of para-hydroxylation sites is 1. The van der Waals surface area contributed by atoms with E-state index in [4.69, 9.17) is 9.57 Å². The van der Waals surface area contributed by atoms with Crippen molar-refractivity contribution in [1.29, 1.82) is 0 Å². The van der Waals surface area contributed by atoms with Gasteiger partial charge in [0.2, 0.25) is 0 Å². The van der Waals surface area contributed by atoms with Crippen molar-refractivity contribution in [3.63, 3.8) is 0 Å². The lowest BCUT2D eigenvalue weighted by atomic mass is 10.3. The number of thiazole rings is 1. The maximum atomic E-state index is 5.17. The van der Waals surface area contributed by atoms with Crippen molar-refractivity contribution in [3.05, 3.63) is 29.3 Å². The monoisotopic (exact) mass is 238 g/mol. The lowest BCUT2D eigenvalue weighted by molar-refractivity contribution is 0.00346. The van der Waals surface area contributed by atoms with Gasteiger partial charge in [0.1, 0.15) is 5.01 Å². The van der Waals surface area contributed by atoms with Gasteiger partial charge in [-0.1, -0.05) is 12.1 Å². The summed E-state index contributed by atoms with van der Waals surface area (Å²) in [6.07, 6.45) is 0. The zero-order valence-electron chi connectivity index (χ0n) is 9.10. The van der Waals surface area contributed by atoms with E-state index in [1.165, 1.54) is 4.70 Å². The highest BCUT2D eigenvalue weighted by Gasteiger charge is 2.01. The van der Waals surface area contributed by atoms with Crippen LogP contribution in [0.5, 0.6) is 0 Å². The van der Waals surface area contributed by atoms with Crippen molar-refractivity contribution >= 4 is 21.6 Å². The van der Waals surface area contributed by atoms with Crippen LogP contribution in [-0.4, -0.2) is 25.3 Å². The van der Waals surface area contributed by atoms with Crippen LogP contribution in [0.1, 0.15) is 5.01 Å². The summed E-state index contributed by atoms with van der Waals surface area (Å²) in [6.45, 7) is 1.76. The van der Waals surface area contributed by atoms with Crippen molar-refractivity contribution in [2.45, 2.75) is 6.54 Å². The van der Waals surface area contributed by atoms with Crippen LogP contribution in [0.3, 0.4) is 0 Å². The molecule has 0 saturated heterocycles. The maximum Gasteiger partial charge on any atom is 0.110 e. The maximum absolute atomic E-state index is 5.17. The van der Waals surface area contributed by atoms with Crippen LogP contribution in [0.2, 0.25) is 0 Å². The van der Waals surface area contributed by atoms with Gasteiger partial charge in [-0.25, -0.2) is 4.98 Å². The van der Waals surface area contributed by atoms with Gasteiger partial charge in [-0.15, -0.1) is 11.3 Å². The van der Waals surface area contributed by atoms with E-state index < -0.39 is 0 Å². The Morgan fingerprint density at radius 2 is 2.19 bits per heavy atom.